The lowest BCUT2D eigenvalue weighted by Gasteiger charge is -2.18. The number of aryl methyl sites for hydroxylation is 2. The van der Waals surface area contributed by atoms with Crippen LogP contribution >= 0.6 is 15.9 Å². The maximum atomic E-state index is 5.91. The van der Waals surface area contributed by atoms with Crippen molar-refractivity contribution >= 4 is 15.9 Å². The molecule has 1 atom stereocenters. The third-order valence-electron chi connectivity index (χ3n) is 3.26. The molecule has 1 unspecified atom stereocenters. The summed E-state index contributed by atoms with van der Waals surface area (Å²) in [4.78, 5) is 0. The van der Waals surface area contributed by atoms with Gasteiger partial charge in [0.05, 0.1) is 6.04 Å². The molecule has 0 fully saturated rings. The Bertz CT molecular complexity index is 547. The van der Waals surface area contributed by atoms with Crippen molar-refractivity contribution in [2.45, 2.75) is 33.2 Å². The van der Waals surface area contributed by atoms with Crippen molar-refractivity contribution in [2.24, 2.45) is 0 Å². The van der Waals surface area contributed by atoms with Gasteiger partial charge in [-0.15, -0.1) is 0 Å². The van der Waals surface area contributed by atoms with Crippen LogP contribution < -0.4 is 5.32 Å². The average molecular weight is 322 g/mol. The number of halogens is 1. The van der Waals surface area contributed by atoms with Gasteiger partial charge in [0.1, 0.15) is 11.5 Å². The summed E-state index contributed by atoms with van der Waals surface area (Å²) < 4.78 is 7.06. The fraction of sp³-hybridized carbons (Fsp3) is 0.375. The van der Waals surface area contributed by atoms with Crippen molar-refractivity contribution in [3.05, 3.63) is 57.5 Å². The molecule has 0 spiro atoms. The lowest BCUT2D eigenvalue weighted by Crippen LogP contribution is -2.22. The molecule has 0 aliphatic carbocycles. The zero-order valence-electron chi connectivity index (χ0n) is 11.7. The van der Waals surface area contributed by atoms with Gasteiger partial charge in [0, 0.05) is 10.9 Å². The molecule has 2 aromatic rings. The minimum Gasteiger partial charge on any atom is -0.464 e. The summed E-state index contributed by atoms with van der Waals surface area (Å²) in [5, 5.41) is 3.50. The zero-order valence-corrected chi connectivity index (χ0v) is 13.3. The van der Waals surface area contributed by atoms with E-state index in [1.807, 2.05) is 0 Å². The second-order valence-electron chi connectivity index (χ2n) is 4.63. The lowest BCUT2D eigenvalue weighted by molar-refractivity contribution is 0.425. The van der Waals surface area contributed by atoms with Crippen molar-refractivity contribution in [1.82, 2.24) is 5.32 Å². The van der Waals surface area contributed by atoms with Gasteiger partial charge >= 0.3 is 0 Å². The van der Waals surface area contributed by atoms with Crippen LogP contribution in [0.25, 0.3) is 0 Å². The molecule has 19 heavy (non-hydrogen) atoms. The Morgan fingerprint density at radius 1 is 1.21 bits per heavy atom. The molecule has 0 aliphatic rings. The van der Waals surface area contributed by atoms with E-state index in [0.29, 0.717) is 0 Å². The molecule has 0 saturated carbocycles. The predicted octanol–water partition coefficient (Wildman–Crippen LogP) is 4.61. The molecule has 0 aliphatic heterocycles. The summed E-state index contributed by atoms with van der Waals surface area (Å²) in [7, 11) is 0. The van der Waals surface area contributed by atoms with Crippen molar-refractivity contribution in [2.75, 3.05) is 6.54 Å². The average Bonchev–Trinajstić information content (AvgIpc) is 2.88. The van der Waals surface area contributed by atoms with E-state index in [0.717, 1.165) is 29.0 Å². The summed E-state index contributed by atoms with van der Waals surface area (Å²) in [5.41, 5.74) is 2.46. The molecule has 2 nitrogen and oxygen atoms in total. The molecular formula is C16H20BrNO. The number of furan rings is 1. The topological polar surface area (TPSA) is 25.2 Å². The summed E-state index contributed by atoms with van der Waals surface area (Å²) in [5.74, 6) is 2.01. The van der Waals surface area contributed by atoms with Crippen LogP contribution in [0.3, 0.4) is 0 Å². The van der Waals surface area contributed by atoms with Crippen LogP contribution in [0.5, 0.6) is 0 Å². The molecule has 0 radical (unpaired) electrons. The Labute approximate surface area is 123 Å². The van der Waals surface area contributed by atoms with Gasteiger partial charge < -0.3 is 9.73 Å². The van der Waals surface area contributed by atoms with Crippen LogP contribution in [0.15, 0.2) is 39.2 Å². The highest BCUT2D eigenvalue weighted by molar-refractivity contribution is 9.10. The smallest absolute Gasteiger partial charge is 0.125 e. The first-order valence-corrected chi connectivity index (χ1v) is 7.53. The van der Waals surface area contributed by atoms with E-state index in [-0.39, 0.29) is 6.04 Å². The fourth-order valence-corrected chi connectivity index (χ4v) is 2.69. The van der Waals surface area contributed by atoms with E-state index in [1.54, 1.807) is 0 Å². The zero-order chi connectivity index (χ0) is 13.8. The Hall–Kier alpha value is -1.06. The number of rotatable bonds is 5. The highest BCUT2D eigenvalue weighted by Crippen LogP contribution is 2.31. The standard InChI is InChI=1S/C16H20BrNO/c1-4-12-9-10-14(19-12)16(18-5-2)13-8-6-7-11(3)15(13)17/h6-10,16,18H,4-5H2,1-3H3. The molecule has 1 aromatic carbocycles. The predicted molar refractivity (Wildman–Crippen MR) is 82.5 cm³/mol. The van der Waals surface area contributed by atoms with E-state index in [1.165, 1.54) is 11.1 Å². The Morgan fingerprint density at radius 2 is 2.00 bits per heavy atom. The second-order valence-corrected chi connectivity index (χ2v) is 5.42. The highest BCUT2D eigenvalue weighted by atomic mass is 79.9. The first-order chi connectivity index (χ1) is 9.17. The van der Waals surface area contributed by atoms with E-state index in [2.05, 4.69) is 72.3 Å². The number of hydrogen-bond donors (Lipinski definition) is 1. The lowest BCUT2D eigenvalue weighted by atomic mass is 10.0. The van der Waals surface area contributed by atoms with Crippen LogP contribution in [0.2, 0.25) is 0 Å². The van der Waals surface area contributed by atoms with Gasteiger partial charge in [0.25, 0.3) is 0 Å². The molecule has 2 rings (SSSR count). The van der Waals surface area contributed by atoms with Gasteiger partial charge in [-0.05, 0) is 36.7 Å². The van der Waals surface area contributed by atoms with Crippen LogP contribution in [0, 0.1) is 6.92 Å². The SMILES string of the molecule is CCNC(c1ccc(CC)o1)c1cccc(C)c1Br. The normalized spacial score (nSPS) is 12.6. The van der Waals surface area contributed by atoms with E-state index < -0.39 is 0 Å². The van der Waals surface area contributed by atoms with Gasteiger partial charge in [-0.1, -0.05) is 48.0 Å². The van der Waals surface area contributed by atoms with Crippen molar-refractivity contribution in [1.29, 1.82) is 0 Å². The Morgan fingerprint density at radius 3 is 2.63 bits per heavy atom. The van der Waals surface area contributed by atoms with Gasteiger partial charge in [0.2, 0.25) is 0 Å². The number of hydrogen-bond acceptors (Lipinski definition) is 2. The van der Waals surface area contributed by atoms with Crippen LogP contribution in [-0.2, 0) is 6.42 Å². The summed E-state index contributed by atoms with van der Waals surface area (Å²) in [6, 6.07) is 10.6. The van der Waals surface area contributed by atoms with Crippen molar-refractivity contribution in [3.63, 3.8) is 0 Å². The molecule has 1 aromatic heterocycles. The number of nitrogens with one attached hydrogen (secondary N) is 1. The monoisotopic (exact) mass is 321 g/mol. The molecular weight excluding hydrogens is 302 g/mol. The second kappa shape index (κ2) is 6.40. The molecule has 3 heteroatoms. The quantitative estimate of drug-likeness (QED) is 0.869. The first-order valence-electron chi connectivity index (χ1n) is 6.74. The minimum atomic E-state index is 0.0968. The van der Waals surface area contributed by atoms with Crippen LogP contribution in [0.4, 0.5) is 0 Å². The maximum Gasteiger partial charge on any atom is 0.125 e. The van der Waals surface area contributed by atoms with E-state index in [4.69, 9.17) is 4.42 Å². The van der Waals surface area contributed by atoms with E-state index in [9.17, 15) is 0 Å². The van der Waals surface area contributed by atoms with Gasteiger partial charge in [-0.2, -0.15) is 0 Å². The molecule has 0 saturated heterocycles. The number of benzene rings is 1. The third-order valence-corrected chi connectivity index (χ3v) is 4.34. The molecule has 1 heterocycles. The maximum absolute atomic E-state index is 5.91. The minimum absolute atomic E-state index is 0.0968. The Balaban J connectivity index is 2.42. The summed E-state index contributed by atoms with van der Waals surface area (Å²) in [6.07, 6.45) is 0.924. The van der Waals surface area contributed by atoms with Gasteiger partial charge in [0.15, 0.2) is 0 Å². The first kappa shape index (κ1) is 14.4. The fourth-order valence-electron chi connectivity index (χ4n) is 2.20. The molecule has 0 amide bonds. The van der Waals surface area contributed by atoms with Crippen molar-refractivity contribution < 1.29 is 4.42 Å². The highest BCUT2D eigenvalue weighted by Gasteiger charge is 2.19. The molecule has 102 valence electrons. The summed E-state index contributed by atoms with van der Waals surface area (Å²) >= 11 is 3.69. The largest absolute Gasteiger partial charge is 0.464 e. The molecule has 1 N–H and O–H groups in total. The van der Waals surface area contributed by atoms with Gasteiger partial charge in [-0.25, -0.2) is 0 Å². The van der Waals surface area contributed by atoms with Crippen LogP contribution in [0.1, 0.15) is 42.5 Å². The third kappa shape index (κ3) is 3.10. The summed E-state index contributed by atoms with van der Waals surface area (Å²) in [6.45, 7) is 7.22. The van der Waals surface area contributed by atoms with Crippen molar-refractivity contribution in [3.8, 4) is 0 Å². The Kier molecular flexibility index (Phi) is 4.83. The molecule has 0 bridgehead atoms. The van der Waals surface area contributed by atoms with Gasteiger partial charge in [-0.3, -0.25) is 0 Å². The van der Waals surface area contributed by atoms with E-state index >= 15 is 0 Å². The van der Waals surface area contributed by atoms with Crippen LogP contribution in [-0.4, -0.2) is 6.54 Å².